The first-order valence-corrected chi connectivity index (χ1v) is 10.6. The van der Waals surface area contributed by atoms with Gasteiger partial charge >= 0.3 is 0 Å². The summed E-state index contributed by atoms with van der Waals surface area (Å²) in [6.45, 7) is 0. The number of primary sulfonamides is 1. The molecule has 2 aromatic rings. The molecule has 0 aliphatic heterocycles. The Bertz CT molecular complexity index is 1120. The Morgan fingerprint density at radius 2 is 1.64 bits per heavy atom. The highest BCUT2D eigenvalue weighted by Crippen LogP contribution is 2.30. The number of benzene rings is 2. The number of nitrogens with two attached hydrogens (primary N) is 2. The number of amides is 1. The van der Waals surface area contributed by atoms with Crippen LogP contribution in [0.4, 0.5) is 0 Å². The largest absolute Gasteiger partial charge is 0.456 e. The maximum Gasteiger partial charge on any atom is 0.257 e. The molecule has 0 bridgehead atoms. The molecule has 0 fully saturated rings. The maximum absolute atomic E-state index is 12.1. The molecule has 0 heterocycles. The topological polar surface area (TPSA) is 182 Å². The summed E-state index contributed by atoms with van der Waals surface area (Å²) in [4.78, 5) is 11.5. The van der Waals surface area contributed by atoms with Gasteiger partial charge in [-0.05, 0) is 42.5 Å². The second kappa shape index (κ2) is 8.56. The molecule has 0 unspecified atom stereocenters. The number of halogens is 1. The molecule has 0 aromatic heterocycles. The summed E-state index contributed by atoms with van der Waals surface area (Å²) in [6.07, 6.45) is 0.936. The van der Waals surface area contributed by atoms with Crippen LogP contribution in [0, 0.1) is 5.41 Å². The lowest BCUT2D eigenvalue weighted by Gasteiger charge is -2.12. The number of guanidine groups is 1. The Balaban J connectivity index is 0.00000392. The van der Waals surface area contributed by atoms with Crippen LogP contribution in [0.25, 0.3) is 0 Å². The van der Waals surface area contributed by atoms with E-state index < -0.39 is 31.7 Å². The van der Waals surface area contributed by atoms with Crippen LogP contribution in [0.5, 0.6) is 11.5 Å². The predicted molar refractivity (Wildman–Crippen MR) is 104 cm³/mol. The zero-order valence-corrected chi connectivity index (χ0v) is 16.8. The van der Waals surface area contributed by atoms with Crippen molar-refractivity contribution in [1.29, 1.82) is 5.41 Å². The van der Waals surface area contributed by atoms with Gasteiger partial charge in [0.05, 0.1) is 4.90 Å². The smallest absolute Gasteiger partial charge is 0.257 e. The van der Waals surface area contributed by atoms with Crippen LogP contribution < -0.4 is 20.9 Å². The van der Waals surface area contributed by atoms with Crippen molar-refractivity contribution in [2.45, 2.75) is 9.79 Å². The normalized spacial score (nSPS) is 11.2. The van der Waals surface area contributed by atoms with Crippen molar-refractivity contribution in [2.75, 3.05) is 6.26 Å². The van der Waals surface area contributed by atoms with E-state index in [0.717, 1.165) is 12.3 Å². The van der Waals surface area contributed by atoms with Crippen molar-refractivity contribution in [1.82, 2.24) is 5.32 Å². The fourth-order valence-electron chi connectivity index (χ4n) is 2.04. The molecule has 10 nitrogen and oxygen atoms in total. The van der Waals surface area contributed by atoms with E-state index in [-0.39, 0.29) is 39.3 Å². The maximum atomic E-state index is 12.1. The Kier molecular flexibility index (Phi) is 7.15. The third-order valence-electron chi connectivity index (χ3n) is 3.23. The van der Waals surface area contributed by atoms with E-state index in [4.69, 9.17) is 21.0 Å². The molecule has 2 aromatic carbocycles. The van der Waals surface area contributed by atoms with Gasteiger partial charge in [0.25, 0.3) is 5.91 Å². The first-order valence-electron chi connectivity index (χ1n) is 7.18. The van der Waals surface area contributed by atoms with E-state index in [9.17, 15) is 21.6 Å². The van der Waals surface area contributed by atoms with Gasteiger partial charge in [-0.3, -0.25) is 15.5 Å². The minimum absolute atomic E-state index is 0. The van der Waals surface area contributed by atoms with E-state index in [0.29, 0.717) is 0 Å². The van der Waals surface area contributed by atoms with E-state index in [1.807, 2.05) is 5.32 Å². The number of carbonyl (C=O) groups excluding carboxylic acids is 1. The van der Waals surface area contributed by atoms with Gasteiger partial charge in [0.2, 0.25) is 10.0 Å². The van der Waals surface area contributed by atoms with Crippen LogP contribution in [0.2, 0.25) is 0 Å². The molecule has 13 heteroatoms. The van der Waals surface area contributed by atoms with E-state index >= 15 is 0 Å². The van der Waals surface area contributed by atoms with Gasteiger partial charge in [0.1, 0.15) is 16.4 Å². The van der Waals surface area contributed by atoms with Crippen molar-refractivity contribution in [3.8, 4) is 11.5 Å². The Hall–Kier alpha value is -2.67. The molecule has 0 aliphatic carbocycles. The van der Waals surface area contributed by atoms with Gasteiger partial charge in [0.15, 0.2) is 15.8 Å². The monoisotopic (exact) mass is 448 g/mol. The van der Waals surface area contributed by atoms with Crippen LogP contribution in [-0.2, 0) is 19.9 Å². The number of sulfone groups is 1. The Morgan fingerprint density at radius 1 is 1.07 bits per heavy atom. The highest BCUT2D eigenvalue weighted by molar-refractivity contribution is 7.90. The SMILES string of the molecule is CS(=O)(=O)c1cc(C(=O)NC(=N)N)ccc1Oc1ccc(S(N)(=O)=O)cc1.Cl. The minimum Gasteiger partial charge on any atom is -0.456 e. The van der Waals surface area contributed by atoms with Gasteiger partial charge in [0, 0.05) is 11.8 Å². The Morgan fingerprint density at radius 3 is 2.11 bits per heavy atom. The molecule has 0 aliphatic rings. The Labute approximate surface area is 167 Å². The molecule has 152 valence electrons. The molecule has 1 amide bonds. The average Bonchev–Trinajstić information content (AvgIpc) is 2.53. The quantitative estimate of drug-likeness (QED) is 0.380. The molecule has 2 rings (SSSR count). The second-order valence-electron chi connectivity index (χ2n) is 5.42. The lowest BCUT2D eigenvalue weighted by atomic mass is 10.2. The summed E-state index contributed by atoms with van der Waals surface area (Å²) in [5, 5.41) is 14.1. The van der Waals surface area contributed by atoms with Crippen molar-refractivity contribution < 1.29 is 26.4 Å². The van der Waals surface area contributed by atoms with Gasteiger partial charge in [-0.15, -0.1) is 12.4 Å². The summed E-state index contributed by atoms with van der Waals surface area (Å²) in [5.41, 5.74) is 5.05. The van der Waals surface area contributed by atoms with Gasteiger partial charge < -0.3 is 10.5 Å². The molecule has 0 saturated carbocycles. The van der Waals surface area contributed by atoms with Crippen LogP contribution in [-0.4, -0.2) is 35.0 Å². The van der Waals surface area contributed by atoms with Gasteiger partial charge in [-0.1, -0.05) is 0 Å². The standard InChI is InChI=1S/C15H16N4O6S2.ClH/c1-26(21,22)13-8-9(14(20)19-15(16)17)2-7-12(13)25-10-3-5-11(6-4-10)27(18,23)24;/h2-8H,1H3,(H2,18,23,24)(H4,16,17,19,20);1H. The molecule has 6 N–H and O–H groups in total. The van der Waals surface area contributed by atoms with Crippen molar-refractivity contribution in [2.24, 2.45) is 10.9 Å². The van der Waals surface area contributed by atoms with E-state index in [1.165, 1.54) is 36.4 Å². The molecule has 28 heavy (non-hydrogen) atoms. The van der Waals surface area contributed by atoms with Crippen molar-refractivity contribution in [3.63, 3.8) is 0 Å². The summed E-state index contributed by atoms with van der Waals surface area (Å²) < 4.78 is 52.1. The first-order chi connectivity index (χ1) is 12.4. The third-order valence-corrected chi connectivity index (χ3v) is 5.28. The molecule has 0 radical (unpaired) electrons. The summed E-state index contributed by atoms with van der Waals surface area (Å²) in [6, 6.07) is 8.67. The van der Waals surface area contributed by atoms with Crippen molar-refractivity contribution in [3.05, 3.63) is 48.0 Å². The molecule has 0 atom stereocenters. The number of carbonyl (C=O) groups is 1. The zero-order chi connectivity index (χ0) is 20.4. The average molecular weight is 449 g/mol. The number of rotatable bonds is 5. The predicted octanol–water partition coefficient (Wildman–Crippen LogP) is 0.575. The van der Waals surface area contributed by atoms with E-state index in [1.54, 1.807) is 0 Å². The van der Waals surface area contributed by atoms with Gasteiger partial charge in [-0.2, -0.15) is 0 Å². The van der Waals surface area contributed by atoms with Crippen LogP contribution in [0.3, 0.4) is 0 Å². The lowest BCUT2D eigenvalue weighted by Crippen LogP contribution is -2.35. The van der Waals surface area contributed by atoms with Crippen LogP contribution in [0.15, 0.2) is 52.3 Å². The number of hydrogen-bond donors (Lipinski definition) is 4. The van der Waals surface area contributed by atoms with Crippen LogP contribution >= 0.6 is 12.4 Å². The van der Waals surface area contributed by atoms with Gasteiger partial charge in [-0.25, -0.2) is 22.0 Å². The highest BCUT2D eigenvalue weighted by atomic mass is 35.5. The zero-order valence-electron chi connectivity index (χ0n) is 14.4. The fourth-order valence-corrected chi connectivity index (χ4v) is 3.37. The molecule has 0 spiro atoms. The molecular formula is C15H17ClN4O6S2. The summed E-state index contributed by atoms with van der Waals surface area (Å²) >= 11 is 0. The third kappa shape index (κ3) is 5.92. The second-order valence-corrected chi connectivity index (χ2v) is 8.97. The number of ether oxygens (including phenoxy) is 1. The van der Waals surface area contributed by atoms with E-state index in [2.05, 4.69) is 0 Å². The lowest BCUT2D eigenvalue weighted by molar-refractivity contribution is 0.0976. The molecular weight excluding hydrogens is 432 g/mol. The number of nitrogens with one attached hydrogen (secondary N) is 2. The highest BCUT2D eigenvalue weighted by Gasteiger charge is 2.19. The van der Waals surface area contributed by atoms with Crippen LogP contribution in [0.1, 0.15) is 10.4 Å². The summed E-state index contributed by atoms with van der Waals surface area (Å²) in [5.74, 6) is -1.25. The van der Waals surface area contributed by atoms with Crippen molar-refractivity contribution >= 4 is 44.1 Å². The molecule has 0 saturated heterocycles. The first kappa shape index (κ1) is 23.4. The minimum atomic E-state index is -3.87. The fraction of sp³-hybridized carbons (Fsp3) is 0.0667. The number of sulfonamides is 1. The number of hydrogen-bond acceptors (Lipinski definition) is 7. The summed E-state index contributed by atoms with van der Waals surface area (Å²) in [7, 11) is -7.65.